The lowest BCUT2D eigenvalue weighted by atomic mass is 10.1. The van der Waals surface area contributed by atoms with Crippen molar-refractivity contribution in [2.45, 2.75) is 6.04 Å². The highest BCUT2D eigenvalue weighted by atomic mass is 16.5. The third-order valence-corrected chi connectivity index (χ3v) is 3.64. The Bertz CT molecular complexity index is 808. The first kappa shape index (κ1) is 16.5. The van der Waals surface area contributed by atoms with Gasteiger partial charge in [-0.05, 0) is 42.0 Å². The monoisotopic (exact) mass is 331 g/mol. The molecule has 3 aromatic rings. The number of rotatable bonds is 5. The lowest BCUT2D eigenvalue weighted by molar-refractivity contribution is 0.0600. The van der Waals surface area contributed by atoms with Crippen molar-refractivity contribution in [3.8, 4) is 0 Å². The van der Waals surface area contributed by atoms with E-state index in [0.717, 1.165) is 17.0 Å². The van der Waals surface area contributed by atoms with Crippen LogP contribution in [0.5, 0.6) is 0 Å². The molecule has 3 rings (SSSR count). The molecule has 0 aliphatic rings. The zero-order valence-corrected chi connectivity index (χ0v) is 13.7. The number of nitrogens with zero attached hydrogens (tertiary/aromatic N) is 3. The smallest absolute Gasteiger partial charge is 0.337 e. The maximum atomic E-state index is 11.5. The van der Waals surface area contributed by atoms with Gasteiger partial charge < -0.3 is 4.74 Å². The molecule has 1 aromatic carbocycles. The fourth-order valence-corrected chi connectivity index (χ4v) is 2.36. The van der Waals surface area contributed by atoms with Gasteiger partial charge in [-0.1, -0.05) is 24.3 Å². The fourth-order valence-electron chi connectivity index (χ4n) is 2.36. The van der Waals surface area contributed by atoms with E-state index in [1.165, 1.54) is 7.11 Å². The number of ether oxygens (including phenoxy) is 1. The molecule has 0 amide bonds. The summed E-state index contributed by atoms with van der Waals surface area (Å²) in [5.74, 6) is -0.358. The quantitative estimate of drug-likeness (QED) is 0.530. The highest BCUT2D eigenvalue weighted by molar-refractivity contribution is 5.90. The Labute approximate surface area is 146 Å². The standard InChI is InChI=1S/C20H17N3O2/c1-25-20(24)16-10-8-15(9-11-16)14-23-19(17-6-2-4-12-21-17)18-7-3-5-13-22-18/h2-14,19H,1H3. The van der Waals surface area contributed by atoms with Crippen LogP contribution in [-0.2, 0) is 4.74 Å². The molecule has 0 N–H and O–H groups in total. The molecule has 0 fully saturated rings. The molecule has 5 heteroatoms. The van der Waals surface area contributed by atoms with Crippen molar-refractivity contribution in [1.29, 1.82) is 0 Å². The number of hydrogen-bond acceptors (Lipinski definition) is 5. The van der Waals surface area contributed by atoms with Crippen LogP contribution < -0.4 is 0 Å². The second-order valence-corrected chi connectivity index (χ2v) is 5.30. The van der Waals surface area contributed by atoms with E-state index < -0.39 is 0 Å². The molecule has 2 aromatic heterocycles. The number of pyridine rings is 2. The summed E-state index contributed by atoms with van der Waals surface area (Å²) < 4.78 is 4.70. The van der Waals surface area contributed by atoms with E-state index >= 15 is 0 Å². The SMILES string of the molecule is COC(=O)c1ccc(C=NC(c2ccccn2)c2ccccn2)cc1. The maximum absolute atomic E-state index is 11.5. The van der Waals surface area contributed by atoms with Crippen molar-refractivity contribution in [3.63, 3.8) is 0 Å². The van der Waals surface area contributed by atoms with Crippen LogP contribution in [-0.4, -0.2) is 29.3 Å². The second kappa shape index (κ2) is 7.97. The van der Waals surface area contributed by atoms with Crippen LogP contribution in [0.2, 0.25) is 0 Å². The predicted octanol–water partition coefficient (Wildman–Crippen LogP) is 3.47. The van der Waals surface area contributed by atoms with Crippen molar-refractivity contribution in [1.82, 2.24) is 9.97 Å². The van der Waals surface area contributed by atoms with Gasteiger partial charge in [0.25, 0.3) is 0 Å². The average Bonchev–Trinajstić information content (AvgIpc) is 2.70. The van der Waals surface area contributed by atoms with Gasteiger partial charge >= 0.3 is 5.97 Å². The number of carbonyl (C=O) groups is 1. The minimum absolute atomic E-state index is 0.289. The fraction of sp³-hybridized carbons (Fsp3) is 0.100. The molecule has 0 saturated carbocycles. The highest BCUT2D eigenvalue weighted by Gasteiger charge is 2.14. The second-order valence-electron chi connectivity index (χ2n) is 5.30. The summed E-state index contributed by atoms with van der Waals surface area (Å²) in [6.45, 7) is 0. The van der Waals surface area contributed by atoms with E-state index in [4.69, 9.17) is 4.74 Å². The zero-order chi connectivity index (χ0) is 17.5. The first-order valence-corrected chi connectivity index (χ1v) is 7.81. The highest BCUT2D eigenvalue weighted by Crippen LogP contribution is 2.22. The Kier molecular flexibility index (Phi) is 5.26. The average molecular weight is 331 g/mol. The Morgan fingerprint density at radius 2 is 1.56 bits per heavy atom. The maximum Gasteiger partial charge on any atom is 0.337 e. The number of aliphatic imine (C=N–C) groups is 1. The van der Waals surface area contributed by atoms with Crippen LogP contribution in [0.25, 0.3) is 0 Å². The summed E-state index contributed by atoms with van der Waals surface area (Å²) in [6, 6.07) is 18.2. The molecule has 0 saturated heterocycles. The number of methoxy groups -OCH3 is 1. The van der Waals surface area contributed by atoms with Gasteiger partial charge in [-0.2, -0.15) is 0 Å². The lowest BCUT2D eigenvalue weighted by Crippen LogP contribution is -2.04. The molecule has 0 aliphatic heterocycles. The van der Waals surface area contributed by atoms with Crippen molar-refractivity contribution < 1.29 is 9.53 Å². The number of aromatic nitrogens is 2. The molecule has 0 atom stereocenters. The third kappa shape index (κ3) is 4.14. The largest absolute Gasteiger partial charge is 0.465 e. The number of benzene rings is 1. The van der Waals surface area contributed by atoms with Crippen LogP contribution in [0.3, 0.4) is 0 Å². The van der Waals surface area contributed by atoms with Crippen LogP contribution >= 0.6 is 0 Å². The first-order valence-electron chi connectivity index (χ1n) is 7.81. The lowest BCUT2D eigenvalue weighted by Gasteiger charge is -2.11. The van der Waals surface area contributed by atoms with Gasteiger partial charge in [0.1, 0.15) is 6.04 Å². The molecule has 25 heavy (non-hydrogen) atoms. The number of hydrogen-bond donors (Lipinski definition) is 0. The number of carbonyl (C=O) groups excluding carboxylic acids is 1. The summed E-state index contributed by atoms with van der Waals surface area (Å²) in [5, 5.41) is 0. The molecule has 5 nitrogen and oxygen atoms in total. The summed E-state index contributed by atoms with van der Waals surface area (Å²) in [4.78, 5) is 25.0. The minimum atomic E-state index is -0.358. The van der Waals surface area contributed by atoms with E-state index in [0.29, 0.717) is 5.56 Å². The van der Waals surface area contributed by atoms with Gasteiger partial charge in [-0.25, -0.2) is 4.79 Å². The summed E-state index contributed by atoms with van der Waals surface area (Å²) >= 11 is 0. The predicted molar refractivity (Wildman–Crippen MR) is 95.7 cm³/mol. The van der Waals surface area contributed by atoms with Gasteiger partial charge in [-0.3, -0.25) is 15.0 Å². The molecule has 0 spiro atoms. The molecule has 0 bridgehead atoms. The van der Waals surface area contributed by atoms with E-state index in [9.17, 15) is 4.79 Å². The summed E-state index contributed by atoms with van der Waals surface area (Å²) in [7, 11) is 1.36. The van der Waals surface area contributed by atoms with Crippen molar-refractivity contribution in [3.05, 3.63) is 95.6 Å². The molecule has 124 valence electrons. The van der Waals surface area contributed by atoms with E-state index in [1.807, 2.05) is 48.5 Å². The van der Waals surface area contributed by atoms with Crippen LogP contribution in [0, 0.1) is 0 Å². The van der Waals surface area contributed by atoms with Crippen molar-refractivity contribution in [2.24, 2.45) is 4.99 Å². The topological polar surface area (TPSA) is 64.4 Å². The van der Waals surface area contributed by atoms with Crippen molar-refractivity contribution >= 4 is 12.2 Å². The van der Waals surface area contributed by atoms with E-state index in [1.54, 1.807) is 30.7 Å². The van der Waals surface area contributed by atoms with Crippen LogP contribution in [0.1, 0.15) is 33.4 Å². The Hall–Kier alpha value is -3.34. The van der Waals surface area contributed by atoms with Gasteiger partial charge in [0.05, 0.1) is 24.1 Å². The third-order valence-electron chi connectivity index (χ3n) is 3.64. The summed E-state index contributed by atoms with van der Waals surface area (Å²) in [6.07, 6.45) is 5.24. The first-order chi connectivity index (χ1) is 12.3. The number of esters is 1. The molecule has 2 heterocycles. The van der Waals surface area contributed by atoms with Gasteiger partial charge in [0.2, 0.25) is 0 Å². The normalized spacial score (nSPS) is 11.0. The Morgan fingerprint density at radius 1 is 0.960 bits per heavy atom. The van der Waals surface area contributed by atoms with Crippen LogP contribution in [0.4, 0.5) is 0 Å². The molecular formula is C20H17N3O2. The van der Waals surface area contributed by atoms with Gasteiger partial charge in [-0.15, -0.1) is 0 Å². The van der Waals surface area contributed by atoms with E-state index in [2.05, 4.69) is 15.0 Å². The molecule has 0 radical (unpaired) electrons. The molecular weight excluding hydrogens is 314 g/mol. The zero-order valence-electron chi connectivity index (χ0n) is 13.7. The van der Waals surface area contributed by atoms with Crippen LogP contribution in [0.15, 0.2) is 78.0 Å². The molecule has 0 unspecified atom stereocenters. The summed E-state index contributed by atoms with van der Waals surface area (Å²) in [5.41, 5.74) is 3.03. The molecule has 0 aliphatic carbocycles. The van der Waals surface area contributed by atoms with Crippen molar-refractivity contribution in [2.75, 3.05) is 7.11 Å². The Balaban J connectivity index is 1.88. The minimum Gasteiger partial charge on any atom is -0.465 e. The van der Waals surface area contributed by atoms with Gasteiger partial charge in [0.15, 0.2) is 0 Å². The van der Waals surface area contributed by atoms with E-state index in [-0.39, 0.29) is 12.0 Å². The Morgan fingerprint density at radius 3 is 2.04 bits per heavy atom. The van der Waals surface area contributed by atoms with Gasteiger partial charge in [0, 0.05) is 18.6 Å².